The molecular formula is C24H33N5O. The SMILES string of the molecule is C/N=C\c1ccc([C@H]2C[C@H](C)CN(C(=O)CC3CCN(C)CC3)C2)c2nccnc12. The first-order valence-electron chi connectivity index (χ1n) is 11.2. The number of rotatable bonds is 4. The average molecular weight is 408 g/mol. The lowest BCUT2D eigenvalue weighted by molar-refractivity contribution is -0.134. The van der Waals surface area contributed by atoms with E-state index in [1.165, 1.54) is 5.56 Å². The van der Waals surface area contributed by atoms with Crippen LogP contribution in [0.4, 0.5) is 0 Å². The van der Waals surface area contributed by atoms with Gasteiger partial charge in [-0.1, -0.05) is 19.1 Å². The molecule has 2 atom stereocenters. The molecule has 1 aromatic heterocycles. The molecule has 2 aliphatic heterocycles. The summed E-state index contributed by atoms with van der Waals surface area (Å²) in [6.45, 7) is 6.12. The van der Waals surface area contributed by atoms with Gasteiger partial charge in [-0.2, -0.15) is 0 Å². The van der Waals surface area contributed by atoms with Gasteiger partial charge in [0.25, 0.3) is 0 Å². The maximum absolute atomic E-state index is 13.1. The molecule has 0 aliphatic carbocycles. The molecule has 0 radical (unpaired) electrons. The summed E-state index contributed by atoms with van der Waals surface area (Å²) in [6.07, 6.45) is 9.37. The van der Waals surface area contributed by atoms with E-state index in [4.69, 9.17) is 0 Å². The maximum atomic E-state index is 13.1. The normalized spacial score (nSPS) is 24.0. The Morgan fingerprint density at radius 3 is 2.63 bits per heavy atom. The highest BCUT2D eigenvalue weighted by atomic mass is 16.2. The number of amides is 1. The summed E-state index contributed by atoms with van der Waals surface area (Å²) in [5.74, 6) is 1.63. The van der Waals surface area contributed by atoms with Gasteiger partial charge in [0.2, 0.25) is 5.91 Å². The summed E-state index contributed by atoms with van der Waals surface area (Å²) >= 11 is 0. The van der Waals surface area contributed by atoms with Crippen LogP contribution < -0.4 is 0 Å². The van der Waals surface area contributed by atoms with Gasteiger partial charge < -0.3 is 9.80 Å². The van der Waals surface area contributed by atoms with Crippen molar-refractivity contribution in [1.29, 1.82) is 0 Å². The quantitative estimate of drug-likeness (QED) is 0.729. The lowest BCUT2D eigenvalue weighted by Crippen LogP contribution is -2.43. The highest BCUT2D eigenvalue weighted by Gasteiger charge is 2.31. The summed E-state index contributed by atoms with van der Waals surface area (Å²) in [5, 5.41) is 0. The van der Waals surface area contributed by atoms with Crippen LogP contribution in [0, 0.1) is 11.8 Å². The first kappa shape index (κ1) is 20.9. The number of benzene rings is 1. The predicted molar refractivity (Wildman–Crippen MR) is 121 cm³/mol. The van der Waals surface area contributed by atoms with Crippen molar-refractivity contribution in [2.75, 3.05) is 40.3 Å². The highest BCUT2D eigenvalue weighted by Crippen LogP contribution is 2.34. The molecular weight excluding hydrogens is 374 g/mol. The third-order valence-electron chi connectivity index (χ3n) is 6.71. The van der Waals surface area contributed by atoms with Crippen LogP contribution >= 0.6 is 0 Å². The molecule has 2 fully saturated rings. The zero-order chi connectivity index (χ0) is 21.1. The summed E-state index contributed by atoms with van der Waals surface area (Å²) < 4.78 is 0. The lowest BCUT2D eigenvalue weighted by atomic mass is 9.83. The van der Waals surface area contributed by atoms with E-state index < -0.39 is 0 Å². The van der Waals surface area contributed by atoms with Crippen molar-refractivity contribution in [3.63, 3.8) is 0 Å². The number of aliphatic imine (C=N–C) groups is 1. The van der Waals surface area contributed by atoms with E-state index in [-0.39, 0.29) is 0 Å². The Morgan fingerprint density at radius 2 is 1.90 bits per heavy atom. The maximum Gasteiger partial charge on any atom is 0.222 e. The van der Waals surface area contributed by atoms with Crippen molar-refractivity contribution >= 4 is 23.2 Å². The molecule has 30 heavy (non-hydrogen) atoms. The Kier molecular flexibility index (Phi) is 6.42. The standard InChI is InChI=1S/C24H33N5O/c1-17-12-20(16-29(15-17)22(30)13-18-6-10-28(3)11-7-18)21-5-4-19(14-25-2)23-24(21)27-9-8-26-23/h4-5,8-9,14,17-18,20H,6-7,10-13,15-16H2,1-3H3/b25-14-/t17-,20-/m0/s1. The second-order valence-electron chi connectivity index (χ2n) is 9.17. The molecule has 0 unspecified atom stereocenters. The van der Waals surface area contributed by atoms with Crippen molar-refractivity contribution in [3.8, 4) is 0 Å². The minimum Gasteiger partial charge on any atom is -0.342 e. The Bertz CT molecular complexity index is 919. The second-order valence-corrected chi connectivity index (χ2v) is 9.17. The second kappa shape index (κ2) is 9.21. The van der Waals surface area contributed by atoms with Gasteiger partial charge in [0.15, 0.2) is 0 Å². The molecule has 3 heterocycles. The van der Waals surface area contributed by atoms with Crippen LogP contribution in [0.15, 0.2) is 29.5 Å². The van der Waals surface area contributed by atoms with Crippen molar-refractivity contribution in [2.24, 2.45) is 16.8 Å². The van der Waals surface area contributed by atoms with E-state index in [1.54, 1.807) is 19.4 Å². The minimum atomic E-state index is 0.294. The van der Waals surface area contributed by atoms with Crippen molar-refractivity contribution in [2.45, 2.75) is 38.5 Å². The zero-order valence-corrected chi connectivity index (χ0v) is 18.4. The van der Waals surface area contributed by atoms with Gasteiger partial charge in [-0.3, -0.25) is 19.8 Å². The van der Waals surface area contributed by atoms with Gasteiger partial charge in [0.05, 0.1) is 11.0 Å². The molecule has 4 rings (SSSR count). The van der Waals surface area contributed by atoms with Crippen LogP contribution in [0.3, 0.4) is 0 Å². The number of likely N-dealkylation sites (tertiary alicyclic amines) is 2. The van der Waals surface area contributed by atoms with Gasteiger partial charge in [-0.15, -0.1) is 0 Å². The average Bonchev–Trinajstić information content (AvgIpc) is 2.75. The largest absolute Gasteiger partial charge is 0.342 e. The fraction of sp³-hybridized carbons (Fsp3) is 0.583. The van der Waals surface area contributed by atoms with Crippen molar-refractivity contribution in [1.82, 2.24) is 19.8 Å². The van der Waals surface area contributed by atoms with E-state index in [0.29, 0.717) is 30.1 Å². The smallest absolute Gasteiger partial charge is 0.222 e. The lowest BCUT2D eigenvalue weighted by Gasteiger charge is -2.38. The number of carbonyl (C=O) groups is 1. The highest BCUT2D eigenvalue weighted by molar-refractivity contribution is 5.97. The molecule has 0 bridgehead atoms. The number of piperidine rings is 2. The van der Waals surface area contributed by atoms with Crippen LogP contribution in [-0.2, 0) is 4.79 Å². The first-order chi connectivity index (χ1) is 14.5. The van der Waals surface area contributed by atoms with Gasteiger partial charge in [0, 0.05) is 56.6 Å². The number of fused-ring (bicyclic) bond motifs is 1. The topological polar surface area (TPSA) is 61.7 Å². The van der Waals surface area contributed by atoms with Crippen LogP contribution in [-0.4, -0.2) is 72.2 Å². The third kappa shape index (κ3) is 4.53. The van der Waals surface area contributed by atoms with Gasteiger partial charge in [-0.25, -0.2) is 0 Å². The Morgan fingerprint density at radius 1 is 1.17 bits per heavy atom. The molecule has 160 valence electrons. The molecule has 6 nitrogen and oxygen atoms in total. The van der Waals surface area contributed by atoms with Crippen LogP contribution in [0.1, 0.15) is 49.7 Å². The van der Waals surface area contributed by atoms with Crippen LogP contribution in [0.2, 0.25) is 0 Å². The fourth-order valence-corrected chi connectivity index (χ4v) is 5.09. The molecule has 2 aliphatic rings. The van der Waals surface area contributed by atoms with Crippen molar-refractivity contribution < 1.29 is 4.79 Å². The van der Waals surface area contributed by atoms with E-state index in [2.05, 4.69) is 50.9 Å². The van der Waals surface area contributed by atoms with E-state index in [9.17, 15) is 4.79 Å². The molecule has 1 aromatic carbocycles. The van der Waals surface area contributed by atoms with Crippen LogP contribution in [0.5, 0.6) is 0 Å². The first-order valence-corrected chi connectivity index (χ1v) is 11.2. The number of nitrogens with zero attached hydrogens (tertiary/aromatic N) is 5. The monoisotopic (exact) mass is 407 g/mol. The number of carbonyl (C=O) groups excluding carboxylic acids is 1. The Hall–Kier alpha value is -2.34. The predicted octanol–water partition coefficient (Wildman–Crippen LogP) is 3.36. The molecule has 6 heteroatoms. The molecule has 0 saturated carbocycles. The van der Waals surface area contributed by atoms with Crippen LogP contribution in [0.25, 0.3) is 11.0 Å². The van der Waals surface area contributed by atoms with Crippen molar-refractivity contribution in [3.05, 3.63) is 35.7 Å². The summed E-state index contributed by atoms with van der Waals surface area (Å²) in [6, 6.07) is 4.25. The number of hydrogen-bond acceptors (Lipinski definition) is 5. The zero-order valence-electron chi connectivity index (χ0n) is 18.4. The third-order valence-corrected chi connectivity index (χ3v) is 6.71. The Labute approximate surface area is 179 Å². The summed E-state index contributed by atoms with van der Waals surface area (Å²) in [5.41, 5.74) is 4.03. The molecule has 0 N–H and O–H groups in total. The summed E-state index contributed by atoms with van der Waals surface area (Å²) in [7, 11) is 3.94. The van der Waals surface area contributed by atoms with E-state index in [1.807, 2.05) is 6.21 Å². The van der Waals surface area contributed by atoms with Gasteiger partial charge in [0.1, 0.15) is 0 Å². The summed E-state index contributed by atoms with van der Waals surface area (Å²) in [4.78, 5) is 31.0. The fourth-order valence-electron chi connectivity index (χ4n) is 5.09. The van der Waals surface area contributed by atoms with E-state index in [0.717, 1.165) is 62.0 Å². The molecule has 0 spiro atoms. The number of aromatic nitrogens is 2. The molecule has 2 aromatic rings. The molecule has 2 saturated heterocycles. The van der Waals surface area contributed by atoms with Gasteiger partial charge >= 0.3 is 0 Å². The van der Waals surface area contributed by atoms with Gasteiger partial charge in [-0.05, 0) is 56.8 Å². The molecule has 1 amide bonds. The van der Waals surface area contributed by atoms with E-state index >= 15 is 0 Å². The Balaban J connectivity index is 1.54. The minimum absolute atomic E-state index is 0.294. The number of hydrogen-bond donors (Lipinski definition) is 0.